The number of nitrogens with one attached hydrogen (secondary N) is 1. The monoisotopic (exact) mass is 523 g/mol. The van der Waals surface area contributed by atoms with Crippen molar-refractivity contribution in [1.82, 2.24) is 9.80 Å². The van der Waals surface area contributed by atoms with Gasteiger partial charge in [-0.15, -0.1) is 0 Å². The van der Waals surface area contributed by atoms with Gasteiger partial charge < -0.3 is 19.7 Å². The summed E-state index contributed by atoms with van der Waals surface area (Å²) in [6.07, 6.45) is 0.700. The highest BCUT2D eigenvalue weighted by Gasteiger charge is 2.58. The molecule has 10 heteroatoms. The van der Waals surface area contributed by atoms with Crippen LogP contribution < -0.4 is 5.32 Å². The number of ether oxygens (including phenoxy) is 2. The molecule has 9 nitrogen and oxygen atoms in total. The Morgan fingerprint density at radius 2 is 1.92 bits per heavy atom. The summed E-state index contributed by atoms with van der Waals surface area (Å²) >= 11 is 0. The van der Waals surface area contributed by atoms with Crippen LogP contribution in [0.2, 0.25) is 0 Å². The maximum absolute atomic E-state index is 13.6. The van der Waals surface area contributed by atoms with E-state index in [2.05, 4.69) is 5.32 Å². The van der Waals surface area contributed by atoms with Gasteiger partial charge in [-0.3, -0.25) is 14.4 Å². The lowest BCUT2D eigenvalue weighted by atomic mass is 9.94. The van der Waals surface area contributed by atoms with Crippen LogP contribution >= 0.6 is 0 Å². The second-order valence-electron chi connectivity index (χ2n) is 10.1. The molecule has 5 rings (SSSR count). The second kappa shape index (κ2) is 9.83. The van der Waals surface area contributed by atoms with Crippen LogP contribution in [0, 0.1) is 5.82 Å². The Morgan fingerprint density at radius 3 is 2.63 bits per heavy atom. The van der Waals surface area contributed by atoms with Crippen molar-refractivity contribution in [2.24, 2.45) is 0 Å². The summed E-state index contributed by atoms with van der Waals surface area (Å²) in [5.41, 5.74) is 1.22. The molecule has 1 spiro atoms. The second-order valence-corrected chi connectivity index (χ2v) is 10.1. The van der Waals surface area contributed by atoms with Crippen LogP contribution in [0.25, 0.3) is 0 Å². The highest BCUT2D eigenvalue weighted by molar-refractivity contribution is 6.06. The fraction of sp³-hybridized carbons (Fsp3) is 0.429. The number of likely N-dealkylation sites (tertiary alicyclic amines) is 1. The summed E-state index contributed by atoms with van der Waals surface area (Å²) < 4.78 is 24.1. The SMILES string of the molecule is COC(C)C(=O)Nc1ccc2c(c1)CC[C@@]21OC(=O)N(CC(=O)N2[C@@H](C)CC[C@H]2c2ccc(F)cc2)C1=O. The van der Waals surface area contributed by atoms with Gasteiger partial charge in [0.15, 0.2) is 0 Å². The minimum Gasteiger partial charge on any atom is -0.427 e. The molecule has 1 aliphatic carbocycles. The van der Waals surface area contributed by atoms with Crippen molar-refractivity contribution >= 4 is 29.5 Å². The van der Waals surface area contributed by atoms with Crippen molar-refractivity contribution < 1.29 is 33.0 Å². The van der Waals surface area contributed by atoms with Crippen LogP contribution in [0.3, 0.4) is 0 Å². The van der Waals surface area contributed by atoms with Crippen molar-refractivity contribution in [2.75, 3.05) is 19.0 Å². The molecule has 2 aliphatic heterocycles. The largest absolute Gasteiger partial charge is 0.427 e. The van der Waals surface area contributed by atoms with Gasteiger partial charge in [0.25, 0.3) is 11.8 Å². The normalized spacial score (nSPS) is 25.1. The molecular weight excluding hydrogens is 493 g/mol. The topological polar surface area (TPSA) is 105 Å². The number of carbonyl (C=O) groups is 4. The number of hydrogen-bond donors (Lipinski definition) is 1. The molecule has 2 heterocycles. The molecule has 38 heavy (non-hydrogen) atoms. The standard InChI is InChI=1S/C28H30FN3O6/c1-16-4-11-23(18-5-7-20(29)8-6-18)32(16)24(33)15-31-26(35)28(38-27(31)36)13-12-19-14-21(9-10-22(19)28)30-25(34)17(2)37-3/h5-10,14,16-17,23H,4,11-13,15H2,1-3H3,(H,30,34)/t16-,17?,23-,28+/m0/s1. The van der Waals surface area contributed by atoms with Crippen molar-refractivity contribution in [3.8, 4) is 0 Å². The maximum Gasteiger partial charge on any atom is 0.418 e. The van der Waals surface area contributed by atoms with E-state index in [4.69, 9.17) is 9.47 Å². The third-order valence-corrected chi connectivity index (χ3v) is 7.85. The highest BCUT2D eigenvalue weighted by Crippen LogP contribution is 2.46. The molecule has 1 unspecified atom stereocenters. The minimum atomic E-state index is -1.48. The summed E-state index contributed by atoms with van der Waals surface area (Å²) in [4.78, 5) is 54.7. The number of methoxy groups -OCH3 is 1. The van der Waals surface area contributed by atoms with Crippen molar-refractivity contribution in [3.63, 3.8) is 0 Å². The van der Waals surface area contributed by atoms with Gasteiger partial charge in [0.1, 0.15) is 18.5 Å². The van der Waals surface area contributed by atoms with Crippen molar-refractivity contribution in [1.29, 1.82) is 0 Å². The summed E-state index contributed by atoms with van der Waals surface area (Å²) in [7, 11) is 1.45. The Labute approximate surface area is 219 Å². The van der Waals surface area contributed by atoms with Crippen LogP contribution in [0.4, 0.5) is 14.9 Å². The number of fused-ring (bicyclic) bond motifs is 2. The Kier molecular flexibility index (Phi) is 6.68. The first kappa shape index (κ1) is 25.8. The van der Waals surface area contributed by atoms with E-state index in [0.29, 0.717) is 24.1 Å². The summed E-state index contributed by atoms with van der Waals surface area (Å²) in [6.45, 7) is 3.12. The predicted molar refractivity (Wildman–Crippen MR) is 134 cm³/mol. The predicted octanol–water partition coefficient (Wildman–Crippen LogP) is 3.67. The van der Waals surface area contributed by atoms with E-state index in [9.17, 15) is 23.6 Å². The number of amides is 4. The zero-order chi connectivity index (χ0) is 27.2. The minimum absolute atomic E-state index is 0.0955. The number of anilines is 1. The molecule has 0 bridgehead atoms. The first-order valence-corrected chi connectivity index (χ1v) is 12.7. The van der Waals surface area contributed by atoms with Gasteiger partial charge in [0.2, 0.25) is 11.5 Å². The van der Waals surface area contributed by atoms with Crippen LogP contribution in [0.5, 0.6) is 0 Å². The van der Waals surface area contributed by atoms with Crippen LogP contribution in [-0.2, 0) is 35.9 Å². The van der Waals surface area contributed by atoms with Gasteiger partial charge in [0.05, 0.1) is 6.04 Å². The molecule has 1 N–H and O–H groups in total. The van der Waals surface area contributed by atoms with Crippen molar-refractivity contribution in [2.45, 2.75) is 63.3 Å². The van der Waals surface area contributed by atoms with E-state index in [1.165, 1.54) is 19.2 Å². The Hall–Kier alpha value is -3.79. The molecule has 2 saturated heterocycles. The molecular formula is C28H30FN3O6. The lowest BCUT2D eigenvalue weighted by Crippen LogP contribution is -2.46. The Bertz CT molecular complexity index is 1300. The summed E-state index contributed by atoms with van der Waals surface area (Å²) in [6, 6.07) is 10.8. The van der Waals surface area contributed by atoms with E-state index >= 15 is 0 Å². The summed E-state index contributed by atoms with van der Waals surface area (Å²) in [5, 5.41) is 2.77. The van der Waals surface area contributed by atoms with Gasteiger partial charge >= 0.3 is 6.09 Å². The van der Waals surface area contributed by atoms with E-state index in [1.54, 1.807) is 42.2 Å². The van der Waals surface area contributed by atoms with Gasteiger partial charge in [0, 0.05) is 30.8 Å². The van der Waals surface area contributed by atoms with E-state index in [1.807, 2.05) is 6.92 Å². The highest BCUT2D eigenvalue weighted by atomic mass is 19.1. The number of aryl methyl sites for hydroxylation is 1. The van der Waals surface area contributed by atoms with Crippen LogP contribution in [-0.4, -0.2) is 59.4 Å². The molecule has 0 radical (unpaired) electrons. The fourth-order valence-corrected chi connectivity index (χ4v) is 5.71. The quantitative estimate of drug-likeness (QED) is 0.620. The Balaban J connectivity index is 1.33. The van der Waals surface area contributed by atoms with Gasteiger partial charge in [-0.1, -0.05) is 18.2 Å². The third-order valence-electron chi connectivity index (χ3n) is 7.85. The number of imide groups is 1. The molecule has 4 amide bonds. The molecule has 2 fully saturated rings. The summed E-state index contributed by atoms with van der Waals surface area (Å²) in [5.74, 6) is -1.59. The number of benzene rings is 2. The van der Waals surface area contributed by atoms with Gasteiger partial charge in [-0.2, -0.15) is 0 Å². The molecule has 3 aliphatic rings. The van der Waals surface area contributed by atoms with Crippen LogP contribution in [0.15, 0.2) is 42.5 Å². The Morgan fingerprint density at radius 1 is 1.18 bits per heavy atom. The molecule has 0 saturated carbocycles. The number of rotatable bonds is 6. The maximum atomic E-state index is 13.6. The fourth-order valence-electron chi connectivity index (χ4n) is 5.71. The number of hydrogen-bond acceptors (Lipinski definition) is 6. The lowest BCUT2D eigenvalue weighted by molar-refractivity contribution is -0.143. The third kappa shape index (κ3) is 4.32. The first-order valence-electron chi connectivity index (χ1n) is 12.7. The van der Waals surface area contributed by atoms with E-state index in [-0.39, 0.29) is 36.1 Å². The van der Waals surface area contributed by atoms with Gasteiger partial charge in [-0.25, -0.2) is 14.1 Å². The molecule has 200 valence electrons. The molecule has 0 aromatic heterocycles. The zero-order valence-electron chi connectivity index (χ0n) is 21.5. The number of halogens is 1. The average Bonchev–Trinajstić information content (AvgIpc) is 3.54. The number of nitrogens with zero attached hydrogens (tertiary/aromatic N) is 2. The zero-order valence-corrected chi connectivity index (χ0v) is 21.5. The molecule has 4 atom stereocenters. The van der Waals surface area contributed by atoms with Crippen LogP contribution in [0.1, 0.15) is 55.8 Å². The first-order chi connectivity index (χ1) is 18.1. The number of carbonyl (C=O) groups excluding carboxylic acids is 4. The van der Waals surface area contributed by atoms with Gasteiger partial charge in [-0.05, 0) is 68.5 Å². The smallest absolute Gasteiger partial charge is 0.418 e. The molecule has 2 aromatic rings. The molecule has 2 aromatic carbocycles. The lowest BCUT2D eigenvalue weighted by Gasteiger charge is -2.30. The van der Waals surface area contributed by atoms with E-state index < -0.39 is 30.3 Å². The average molecular weight is 524 g/mol. The van der Waals surface area contributed by atoms with Crippen molar-refractivity contribution in [3.05, 3.63) is 65.0 Å². The van der Waals surface area contributed by atoms with E-state index in [0.717, 1.165) is 22.4 Å².